The molecule has 1 amide bonds. The van der Waals surface area contributed by atoms with Crippen LogP contribution in [0.1, 0.15) is 6.42 Å². The van der Waals surface area contributed by atoms with Crippen LogP contribution < -0.4 is 10.6 Å². The summed E-state index contributed by atoms with van der Waals surface area (Å²) in [5.41, 5.74) is 1.72. The largest absolute Gasteiger partial charge is 0.481 e. The molecule has 1 aliphatic heterocycles. The molecular formula is C11H10N2O3. The Hall–Kier alpha value is -2.30. The Labute approximate surface area is 91.8 Å². The molecule has 1 aromatic carbocycles. The van der Waals surface area contributed by atoms with Gasteiger partial charge in [-0.05, 0) is 18.2 Å². The van der Waals surface area contributed by atoms with Gasteiger partial charge < -0.3 is 15.7 Å². The highest BCUT2D eigenvalue weighted by molar-refractivity contribution is 6.11. The Balaban J connectivity index is 2.24. The summed E-state index contributed by atoms with van der Waals surface area (Å²) in [6.07, 6.45) is 1.17. The lowest BCUT2D eigenvalue weighted by atomic mass is 10.2. The molecular weight excluding hydrogens is 208 g/mol. The van der Waals surface area contributed by atoms with Gasteiger partial charge in [0.2, 0.25) is 0 Å². The third-order valence-corrected chi connectivity index (χ3v) is 2.17. The monoisotopic (exact) mass is 218 g/mol. The number of anilines is 2. The van der Waals surface area contributed by atoms with E-state index in [2.05, 4.69) is 10.6 Å². The van der Waals surface area contributed by atoms with Gasteiger partial charge in [-0.3, -0.25) is 9.59 Å². The van der Waals surface area contributed by atoms with Gasteiger partial charge in [-0.25, -0.2) is 0 Å². The zero-order valence-corrected chi connectivity index (χ0v) is 8.36. The highest BCUT2D eigenvalue weighted by Gasteiger charge is 2.18. The van der Waals surface area contributed by atoms with Gasteiger partial charge in [0.05, 0.1) is 17.8 Å². The van der Waals surface area contributed by atoms with Crippen molar-refractivity contribution in [3.05, 3.63) is 36.0 Å². The number of carboxylic acid groups (broad SMARTS) is 1. The Morgan fingerprint density at radius 3 is 2.50 bits per heavy atom. The summed E-state index contributed by atoms with van der Waals surface area (Å²) in [7, 11) is 0. The maximum atomic E-state index is 11.5. The number of carbonyl (C=O) groups is 2. The minimum atomic E-state index is -0.971. The molecule has 1 aliphatic rings. The summed E-state index contributed by atoms with van der Waals surface area (Å²) < 4.78 is 0. The second-order valence-electron chi connectivity index (χ2n) is 3.34. The van der Waals surface area contributed by atoms with E-state index in [-0.39, 0.29) is 18.0 Å². The highest BCUT2D eigenvalue weighted by Crippen LogP contribution is 2.27. The van der Waals surface area contributed by atoms with E-state index in [1.54, 1.807) is 6.07 Å². The minimum absolute atomic E-state index is 0.183. The smallest absolute Gasteiger partial charge is 0.307 e. The van der Waals surface area contributed by atoms with Crippen molar-refractivity contribution in [1.82, 2.24) is 0 Å². The topological polar surface area (TPSA) is 78.4 Å². The normalized spacial score (nSPS) is 16.2. The van der Waals surface area contributed by atoms with Crippen molar-refractivity contribution < 1.29 is 14.7 Å². The third kappa shape index (κ3) is 2.03. The standard InChI is InChI=1S/C11H10N2O3/c14-10(15)6-5-9-11(16)13-8-4-2-1-3-7(8)12-9/h1-5,12H,6H2,(H,13,16)(H,14,15)/b9-5+. The predicted octanol–water partition coefficient (Wildman–Crippen LogP) is 1.41. The predicted molar refractivity (Wildman–Crippen MR) is 59.0 cm³/mol. The molecule has 1 heterocycles. The molecule has 0 radical (unpaired) electrons. The Morgan fingerprint density at radius 2 is 1.88 bits per heavy atom. The average Bonchev–Trinajstić information content (AvgIpc) is 2.26. The molecule has 0 saturated heterocycles. The zero-order chi connectivity index (χ0) is 11.5. The van der Waals surface area contributed by atoms with Crippen molar-refractivity contribution >= 4 is 23.3 Å². The van der Waals surface area contributed by atoms with Gasteiger partial charge in [0.1, 0.15) is 5.70 Å². The van der Waals surface area contributed by atoms with Gasteiger partial charge in [-0.2, -0.15) is 0 Å². The zero-order valence-electron chi connectivity index (χ0n) is 8.36. The molecule has 0 aromatic heterocycles. The van der Waals surface area contributed by atoms with E-state index in [0.717, 1.165) is 5.69 Å². The van der Waals surface area contributed by atoms with E-state index < -0.39 is 5.97 Å². The van der Waals surface area contributed by atoms with Gasteiger partial charge in [0.15, 0.2) is 0 Å². The number of rotatable bonds is 2. The van der Waals surface area contributed by atoms with Crippen LogP contribution in [0.5, 0.6) is 0 Å². The highest BCUT2D eigenvalue weighted by atomic mass is 16.4. The van der Waals surface area contributed by atoms with Gasteiger partial charge >= 0.3 is 5.97 Å². The SMILES string of the molecule is O=C(O)C/C=C1/Nc2ccccc2NC1=O. The number of amides is 1. The fourth-order valence-corrected chi connectivity index (χ4v) is 1.43. The van der Waals surface area contributed by atoms with Crippen LogP contribution in [0.4, 0.5) is 11.4 Å². The summed E-state index contributed by atoms with van der Waals surface area (Å²) in [4.78, 5) is 21.9. The number of benzene rings is 1. The van der Waals surface area contributed by atoms with Crippen molar-refractivity contribution in [1.29, 1.82) is 0 Å². The number of hydrogen-bond acceptors (Lipinski definition) is 3. The van der Waals surface area contributed by atoms with Crippen LogP contribution in [-0.2, 0) is 9.59 Å². The fraction of sp³-hybridized carbons (Fsp3) is 0.0909. The third-order valence-electron chi connectivity index (χ3n) is 2.17. The first-order valence-electron chi connectivity index (χ1n) is 4.76. The van der Waals surface area contributed by atoms with Crippen LogP contribution in [-0.4, -0.2) is 17.0 Å². The molecule has 0 aliphatic carbocycles. The molecule has 0 atom stereocenters. The lowest BCUT2D eigenvalue weighted by molar-refractivity contribution is -0.136. The number of carboxylic acids is 1. The lowest BCUT2D eigenvalue weighted by Gasteiger charge is -2.20. The Morgan fingerprint density at radius 1 is 1.25 bits per heavy atom. The van der Waals surface area contributed by atoms with Gasteiger partial charge in [-0.15, -0.1) is 0 Å². The van der Waals surface area contributed by atoms with E-state index in [9.17, 15) is 9.59 Å². The first-order valence-corrected chi connectivity index (χ1v) is 4.76. The van der Waals surface area contributed by atoms with Crippen molar-refractivity contribution in [2.45, 2.75) is 6.42 Å². The van der Waals surface area contributed by atoms with Crippen molar-refractivity contribution in [2.75, 3.05) is 10.6 Å². The molecule has 0 fully saturated rings. The van der Waals surface area contributed by atoms with Crippen LogP contribution >= 0.6 is 0 Å². The second-order valence-corrected chi connectivity index (χ2v) is 3.34. The average molecular weight is 218 g/mol. The van der Waals surface area contributed by atoms with E-state index >= 15 is 0 Å². The van der Waals surface area contributed by atoms with Gasteiger partial charge in [-0.1, -0.05) is 12.1 Å². The molecule has 82 valence electrons. The molecule has 0 bridgehead atoms. The van der Waals surface area contributed by atoms with Crippen LogP contribution in [0.25, 0.3) is 0 Å². The van der Waals surface area contributed by atoms with E-state index in [0.29, 0.717) is 5.69 Å². The molecule has 0 unspecified atom stereocenters. The van der Waals surface area contributed by atoms with Gasteiger partial charge in [0, 0.05) is 0 Å². The maximum Gasteiger partial charge on any atom is 0.307 e. The number of aliphatic carboxylic acids is 1. The molecule has 0 saturated carbocycles. The van der Waals surface area contributed by atoms with Crippen LogP contribution in [0.2, 0.25) is 0 Å². The summed E-state index contributed by atoms with van der Waals surface area (Å²) >= 11 is 0. The summed E-state index contributed by atoms with van der Waals surface area (Å²) in [6, 6.07) is 7.22. The van der Waals surface area contributed by atoms with E-state index in [1.165, 1.54) is 6.08 Å². The van der Waals surface area contributed by atoms with E-state index in [4.69, 9.17) is 5.11 Å². The quantitative estimate of drug-likeness (QED) is 0.656. The fourth-order valence-electron chi connectivity index (χ4n) is 1.43. The lowest BCUT2D eigenvalue weighted by Crippen LogP contribution is -2.25. The molecule has 3 N–H and O–H groups in total. The minimum Gasteiger partial charge on any atom is -0.481 e. The van der Waals surface area contributed by atoms with Crippen LogP contribution in [0, 0.1) is 0 Å². The maximum absolute atomic E-state index is 11.5. The molecule has 5 heteroatoms. The Kier molecular flexibility index (Phi) is 2.59. The first-order chi connectivity index (χ1) is 7.66. The summed E-state index contributed by atoms with van der Waals surface area (Å²) in [5.74, 6) is -1.29. The molecule has 16 heavy (non-hydrogen) atoms. The molecule has 1 aromatic rings. The van der Waals surface area contributed by atoms with Crippen molar-refractivity contribution in [3.8, 4) is 0 Å². The molecule has 0 spiro atoms. The Bertz CT molecular complexity index is 480. The number of nitrogens with one attached hydrogen (secondary N) is 2. The van der Waals surface area contributed by atoms with E-state index in [1.807, 2.05) is 18.2 Å². The first kappa shape index (κ1) is 10.2. The summed E-state index contributed by atoms with van der Waals surface area (Å²) in [5, 5.41) is 14.1. The number of para-hydroxylation sites is 2. The molecule has 5 nitrogen and oxygen atoms in total. The molecule has 2 rings (SSSR count). The van der Waals surface area contributed by atoms with Crippen molar-refractivity contribution in [2.24, 2.45) is 0 Å². The number of carbonyl (C=O) groups excluding carboxylic acids is 1. The second kappa shape index (κ2) is 4.06. The summed E-state index contributed by atoms with van der Waals surface area (Å²) in [6.45, 7) is 0. The van der Waals surface area contributed by atoms with Crippen molar-refractivity contribution in [3.63, 3.8) is 0 Å². The van der Waals surface area contributed by atoms with Gasteiger partial charge in [0.25, 0.3) is 5.91 Å². The number of hydrogen-bond donors (Lipinski definition) is 3. The number of fused-ring (bicyclic) bond motifs is 1. The van der Waals surface area contributed by atoms with Crippen LogP contribution in [0.3, 0.4) is 0 Å². The van der Waals surface area contributed by atoms with Crippen LogP contribution in [0.15, 0.2) is 36.0 Å².